The lowest BCUT2D eigenvalue weighted by Crippen LogP contribution is -2.29. The van der Waals surface area contributed by atoms with Crippen LogP contribution in [-0.2, 0) is 0 Å². The zero-order chi connectivity index (χ0) is 21.2. The summed E-state index contributed by atoms with van der Waals surface area (Å²) in [5.74, 6) is 0.600. The highest BCUT2D eigenvalue weighted by molar-refractivity contribution is 6.11. The fourth-order valence-electron chi connectivity index (χ4n) is 3.95. The Labute approximate surface area is 179 Å². The van der Waals surface area contributed by atoms with Crippen molar-refractivity contribution in [2.45, 2.75) is 6.42 Å². The number of aromatic amines is 1. The third-order valence-corrected chi connectivity index (χ3v) is 5.58. The Bertz CT molecular complexity index is 1240. The van der Waals surface area contributed by atoms with Crippen molar-refractivity contribution < 1.29 is 4.79 Å². The van der Waals surface area contributed by atoms with E-state index in [0.717, 1.165) is 54.6 Å². The molecule has 1 aliphatic rings. The van der Waals surface area contributed by atoms with Crippen LogP contribution in [-0.4, -0.2) is 51.9 Å². The molecule has 156 valence electrons. The molecule has 0 radical (unpaired) electrons. The first-order chi connectivity index (χ1) is 15.2. The van der Waals surface area contributed by atoms with Gasteiger partial charge in [-0.25, -0.2) is 9.97 Å². The highest BCUT2D eigenvalue weighted by Crippen LogP contribution is 2.30. The summed E-state index contributed by atoms with van der Waals surface area (Å²) in [5, 5.41) is 4.43. The molecular weight excluding hydrogens is 390 g/mol. The van der Waals surface area contributed by atoms with Crippen LogP contribution >= 0.6 is 0 Å². The molecule has 1 fully saturated rings. The van der Waals surface area contributed by atoms with Gasteiger partial charge in [0.25, 0.3) is 0 Å². The summed E-state index contributed by atoms with van der Waals surface area (Å²) in [7, 11) is 0. The van der Waals surface area contributed by atoms with Crippen LogP contribution < -0.4 is 16.0 Å². The molecule has 0 spiro atoms. The van der Waals surface area contributed by atoms with Crippen LogP contribution in [0.4, 0.5) is 11.6 Å². The van der Waals surface area contributed by atoms with Gasteiger partial charge >= 0.3 is 0 Å². The number of H-pyrrole nitrogens is 1. The summed E-state index contributed by atoms with van der Waals surface area (Å²) in [4.78, 5) is 31.8. The summed E-state index contributed by atoms with van der Waals surface area (Å²) in [6, 6.07) is 9.78. The number of ketones is 1. The summed E-state index contributed by atoms with van der Waals surface area (Å²) >= 11 is 0. The molecule has 0 atom stereocenters. The molecular formula is C23H23N7O. The van der Waals surface area contributed by atoms with Gasteiger partial charge in [0, 0.05) is 54.1 Å². The normalized spacial score (nSPS) is 14.5. The molecule has 1 aromatic carbocycles. The van der Waals surface area contributed by atoms with E-state index >= 15 is 0 Å². The lowest BCUT2D eigenvalue weighted by molar-refractivity contribution is 0.103. The van der Waals surface area contributed by atoms with Crippen molar-refractivity contribution in [1.29, 1.82) is 0 Å². The first-order valence-corrected chi connectivity index (χ1v) is 10.3. The van der Waals surface area contributed by atoms with Gasteiger partial charge in [0.15, 0.2) is 0 Å². The highest BCUT2D eigenvalue weighted by atomic mass is 16.1. The van der Waals surface area contributed by atoms with Gasteiger partial charge in [0.05, 0.1) is 18.0 Å². The quantitative estimate of drug-likeness (QED) is 0.441. The predicted octanol–water partition coefficient (Wildman–Crippen LogP) is 2.63. The summed E-state index contributed by atoms with van der Waals surface area (Å²) in [6.45, 7) is 3.56. The van der Waals surface area contributed by atoms with Crippen LogP contribution in [0.15, 0.2) is 55.1 Å². The van der Waals surface area contributed by atoms with Crippen molar-refractivity contribution in [2.24, 2.45) is 0 Å². The summed E-state index contributed by atoms with van der Waals surface area (Å²) < 4.78 is 0. The van der Waals surface area contributed by atoms with E-state index in [0.29, 0.717) is 11.4 Å². The Morgan fingerprint density at radius 3 is 2.94 bits per heavy atom. The Morgan fingerprint density at radius 2 is 2.00 bits per heavy atom. The fourth-order valence-corrected chi connectivity index (χ4v) is 3.95. The van der Waals surface area contributed by atoms with Crippen molar-refractivity contribution in [2.75, 3.05) is 36.8 Å². The molecule has 4 heterocycles. The Kier molecular flexibility index (Phi) is 5.05. The van der Waals surface area contributed by atoms with Gasteiger partial charge in [0.2, 0.25) is 5.78 Å². The average molecular weight is 413 g/mol. The Balaban J connectivity index is 1.50. The first-order valence-electron chi connectivity index (χ1n) is 10.3. The predicted molar refractivity (Wildman–Crippen MR) is 121 cm³/mol. The number of benzene rings is 1. The number of hydrogen-bond acceptors (Lipinski definition) is 7. The van der Waals surface area contributed by atoms with Crippen LogP contribution in [0, 0.1) is 0 Å². The van der Waals surface area contributed by atoms with Crippen LogP contribution in [0.25, 0.3) is 22.0 Å². The molecule has 5 rings (SSSR count). The molecule has 0 amide bonds. The van der Waals surface area contributed by atoms with Crippen molar-refractivity contribution in [3.63, 3.8) is 0 Å². The number of carbonyl (C=O) groups excluding carboxylic acids is 1. The number of anilines is 2. The van der Waals surface area contributed by atoms with Gasteiger partial charge in [-0.05, 0) is 25.1 Å². The Morgan fingerprint density at radius 1 is 1.10 bits per heavy atom. The number of nitrogens with one attached hydrogen (secondary N) is 2. The van der Waals surface area contributed by atoms with Crippen molar-refractivity contribution in [3.8, 4) is 11.1 Å². The number of hydrogen-bond donors (Lipinski definition) is 3. The van der Waals surface area contributed by atoms with Crippen LogP contribution in [0.1, 0.15) is 22.5 Å². The van der Waals surface area contributed by atoms with Gasteiger partial charge in [-0.1, -0.05) is 18.2 Å². The fraction of sp³-hybridized carbons (Fsp3) is 0.217. The van der Waals surface area contributed by atoms with Gasteiger partial charge in [-0.3, -0.25) is 9.78 Å². The lowest BCUT2D eigenvalue weighted by atomic mass is 10.0. The number of nitrogens with zero attached hydrogens (tertiary/aromatic N) is 4. The van der Waals surface area contributed by atoms with E-state index in [9.17, 15) is 4.79 Å². The minimum absolute atomic E-state index is 0.180. The molecule has 31 heavy (non-hydrogen) atoms. The molecule has 0 saturated carbocycles. The molecule has 8 nitrogen and oxygen atoms in total. The molecule has 4 N–H and O–H groups in total. The molecule has 1 saturated heterocycles. The first kappa shape index (κ1) is 19.2. The van der Waals surface area contributed by atoms with E-state index in [-0.39, 0.29) is 17.3 Å². The summed E-state index contributed by atoms with van der Waals surface area (Å²) in [6.07, 6.45) is 7.81. The van der Waals surface area contributed by atoms with E-state index in [1.165, 1.54) is 6.20 Å². The Hall–Kier alpha value is -3.78. The maximum absolute atomic E-state index is 13.3. The van der Waals surface area contributed by atoms with E-state index in [1.54, 1.807) is 18.5 Å². The standard InChI is InChI=1S/C23H23N7O/c24-23-17(10-15(11-28-23)18-12-27-19-5-2-1-4-16(18)19)22(31)20-13-26-14-21(29-20)30-8-3-6-25-7-9-30/h1-2,4-5,10-14,25,27H,3,6-9H2,(H2,24,28). The topological polar surface area (TPSA) is 113 Å². The van der Waals surface area contributed by atoms with E-state index in [4.69, 9.17) is 5.73 Å². The van der Waals surface area contributed by atoms with Crippen LogP contribution in [0.5, 0.6) is 0 Å². The number of nitrogens with two attached hydrogens (primary N) is 1. The minimum atomic E-state index is -0.283. The number of nitrogen functional groups attached to an aromatic ring is 1. The zero-order valence-corrected chi connectivity index (χ0v) is 17.0. The van der Waals surface area contributed by atoms with Gasteiger partial charge in [-0.15, -0.1) is 0 Å². The lowest BCUT2D eigenvalue weighted by Gasteiger charge is -2.20. The molecule has 8 heteroatoms. The largest absolute Gasteiger partial charge is 0.383 e. The molecule has 0 bridgehead atoms. The van der Waals surface area contributed by atoms with Crippen LogP contribution in [0.2, 0.25) is 0 Å². The number of rotatable bonds is 4. The van der Waals surface area contributed by atoms with Crippen molar-refractivity contribution in [1.82, 2.24) is 25.3 Å². The van der Waals surface area contributed by atoms with E-state index < -0.39 is 0 Å². The smallest absolute Gasteiger partial charge is 0.216 e. The number of aromatic nitrogens is 4. The second kappa shape index (κ2) is 8.16. The molecule has 1 aliphatic heterocycles. The number of para-hydroxylation sites is 1. The number of carbonyl (C=O) groups is 1. The average Bonchev–Trinajstić information content (AvgIpc) is 3.05. The second-order valence-electron chi connectivity index (χ2n) is 7.59. The third kappa shape index (κ3) is 3.73. The zero-order valence-electron chi connectivity index (χ0n) is 17.0. The minimum Gasteiger partial charge on any atom is -0.383 e. The molecule has 0 unspecified atom stereocenters. The van der Waals surface area contributed by atoms with E-state index in [1.807, 2.05) is 30.5 Å². The monoisotopic (exact) mass is 413 g/mol. The second-order valence-corrected chi connectivity index (χ2v) is 7.59. The van der Waals surface area contributed by atoms with Gasteiger partial charge in [0.1, 0.15) is 17.3 Å². The third-order valence-electron chi connectivity index (χ3n) is 5.58. The number of fused-ring (bicyclic) bond motifs is 1. The number of pyridine rings is 1. The SMILES string of the molecule is Nc1ncc(-c2c[nH]c3ccccc23)cc1C(=O)c1cncc(N2CCCNCC2)n1. The molecule has 3 aromatic heterocycles. The van der Waals surface area contributed by atoms with Gasteiger partial charge in [-0.2, -0.15) is 0 Å². The maximum atomic E-state index is 13.3. The van der Waals surface area contributed by atoms with E-state index in [2.05, 4.69) is 30.2 Å². The van der Waals surface area contributed by atoms with Gasteiger partial charge < -0.3 is 20.9 Å². The van der Waals surface area contributed by atoms with Crippen LogP contribution in [0.3, 0.4) is 0 Å². The summed E-state index contributed by atoms with van der Waals surface area (Å²) in [5.41, 5.74) is 9.48. The van der Waals surface area contributed by atoms with Crippen molar-refractivity contribution in [3.05, 3.63) is 66.4 Å². The maximum Gasteiger partial charge on any atom is 0.216 e. The van der Waals surface area contributed by atoms with Crippen molar-refractivity contribution >= 4 is 28.3 Å². The highest BCUT2D eigenvalue weighted by Gasteiger charge is 2.19. The molecule has 4 aromatic rings. The molecule has 0 aliphatic carbocycles.